The van der Waals surface area contributed by atoms with Gasteiger partial charge in [0.15, 0.2) is 11.3 Å². The Morgan fingerprint density at radius 1 is 0.852 bits per heavy atom. The fourth-order valence-corrected chi connectivity index (χ4v) is 2.39. The normalized spacial score (nSPS) is 9.52. The second kappa shape index (κ2) is 7.57. The molecule has 0 aliphatic heterocycles. The monoisotopic (exact) mass is 353 g/mol. The summed E-state index contributed by atoms with van der Waals surface area (Å²) >= 11 is 0. The van der Waals surface area contributed by atoms with Gasteiger partial charge in [0.25, 0.3) is 5.91 Å². The van der Waals surface area contributed by atoms with Crippen LogP contribution >= 0.6 is 0 Å². The van der Waals surface area contributed by atoms with Crippen molar-refractivity contribution in [1.82, 2.24) is 0 Å². The molecular formula is C20H11N5O2. The number of benzene rings is 2. The second-order valence-corrected chi connectivity index (χ2v) is 5.39. The van der Waals surface area contributed by atoms with E-state index in [2.05, 4.69) is 10.6 Å². The van der Waals surface area contributed by atoms with Crippen LogP contribution < -0.4 is 10.6 Å². The van der Waals surface area contributed by atoms with Crippen LogP contribution in [0.25, 0.3) is 11.0 Å². The summed E-state index contributed by atoms with van der Waals surface area (Å²) in [6.45, 7) is 0. The van der Waals surface area contributed by atoms with Gasteiger partial charge < -0.3 is 15.1 Å². The molecule has 1 heterocycles. The minimum absolute atomic E-state index is 0.166. The van der Waals surface area contributed by atoms with Crippen LogP contribution in [-0.4, -0.2) is 5.91 Å². The number of furan rings is 1. The third-order valence-electron chi connectivity index (χ3n) is 3.62. The van der Waals surface area contributed by atoms with Crippen molar-refractivity contribution in [3.05, 3.63) is 71.6 Å². The number of amides is 1. The highest BCUT2D eigenvalue weighted by Crippen LogP contribution is 2.22. The molecular weight excluding hydrogens is 342 g/mol. The largest absolute Gasteiger partial charge is 0.451 e. The first-order chi connectivity index (χ1) is 13.1. The van der Waals surface area contributed by atoms with Gasteiger partial charge in [0.1, 0.15) is 29.5 Å². The third kappa shape index (κ3) is 3.76. The maximum absolute atomic E-state index is 12.4. The first-order valence-corrected chi connectivity index (χ1v) is 7.76. The number of carbonyl (C=O) groups excluding carboxylic acids is 1. The van der Waals surface area contributed by atoms with Crippen molar-refractivity contribution in [2.24, 2.45) is 0 Å². The molecule has 0 aliphatic carbocycles. The van der Waals surface area contributed by atoms with E-state index >= 15 is 0 Å². The van der Waals surface area contributed by atoms with Crippen molar-refractivity contribution in [1.29, 1.82) is 15.8 Å². The Kier molecular flexibility index (Phi) is 4.84. The van der Waals surface area contributed by atoms with Crippen LogP contribution in [0.1, 0.15) is 10.6 Å². The Morgan fingerprint density at radius 3 is 2.22 bits per heavy atom. The highest BCUT2D eigenvalue weighted by atomic mass is 16.3. The maximum Gasteiger partial charge on any atom is 0.291 e. The number of hydrogen-bond acceptors (Lipinski definition) is 6. The molecule has 0 aliphatic rings. The number of nitriles is 3. The fourth-order valence-electron chi connectivity index (χ4n) is 2.39. The molecule has 0 saturated heterocycles. The van der Waals surface area contributed by atoms with Gasteiger partial charge in [0.05, 0.1) is 0 Å². The van der Waals surface area contributed by atoms with Crippen molar-refractivity contribution >= 4 is 28.3 Å². The lowest BCUT2D eigenvalue weighted by atomic mass is 10.2. The topological polar surface area (TPSA) is 126 Å². The number of carbonyl (C=O) groups is 1. The highest BCUT2D eigenvalue weighted by molar-refractivity contribution is 6.04. The molecule has 0 spiro atoms. The quantitative estimate of drug-likeness (QED) is 0.685. The lowest BCUT2D eigenvalue weighted by Crippen LogP contribution is -2.11. The van der Waals surface area contributed by atoms with E-state index in [0.717, 1.165) is 5.39 Å². The zero-order valence-electron chi connectivity index (χ0n) is 13.9. The van der Waals surface area contributed by atoms with Crippen molar-refractivity contribution in [2.75, 3.05) is 10.6 Å². The molecule has 1 aromatic heterocycles. The van der Waals surface area contributed by atoms with Crippen molar-refractivity contribution in [3.8, 4) is 18.2 Å². The van der Waals surface area contributed by atoms with Gasteiger partial charge in [-0.25, -0.2) is 0 Å². The molecule has 3 rings (SSSR count). The van der Waals surface area contributed by atoms with Crippen LogP contribution in [0, 0.1) is 34.0 Å². The Hall–Kier alpha value is -4.54. The van der Waals surface area contributed by atoms with E-state index in [1.54, 1.807) is 54.6 Å². The molecule has 7 heteroatoms. The summed E-state index contributed by atoms with van der Waals surface area (Å²) in [5.41, 5.74) is 1.02. The van der Waals surface area contributed by atoms with Gasteiger partial charge in [-0.15, -0.1) is 0 Å². The predicted octanol–water partition coefficient (Wildman–Crippen LogP) is 3.92. The van der Waals surface area contributed by atoms with E-state index in [9.17, 15) is 4.79 Å². The Labute approximate surface area is 154 Å². The average molecular weight is 353 g/mol. The molecule has 0 fully saturated rings. The molecule has 0 atom stereocenters. The van der Waals surface area contributed by atoms with Crippen LogP contribution in [0.4, 0.5) is 11.4 Å². The first kappa shape index (κ1) is 17.3. The fraction of sp³-hybridized carbons (Fsp3) is 0. The standard InChI is InChI=1S/C20H11N5O2/c21-10-14(11-22)17(12-23)24-15-5-3-6-16(9-15)25-20(26)19-8-13-4-1-2-7-18(13)27-19/h1-9,24H,(H,25,26). The number of para-hydroxylation sites is 1. The Balaban J connectivity index is 1.81. The molecule has 2 N–H and O–H groups in total. The average Bonchev–Trinajstić information content (AvgIpc) is 3.13. The van der Waals surface area contributed by atoms with E-state index < -0.39 is 5.91 Å². The van der Waals surface area contributed by atoms with Crippen LogP contribution in [0.5, 0.6) is 0 Å². The number of fused-ring (bicyclic) bond motifs is 1. The van der Waals surface area contributed by atoms with E-state index in [4.69, 9.17) is 20.2 Å². The summed E-state index contributed by atoms with van der Waals surface area (Å²) in [6, 6.07) is 20.6. The lowest BCUT2D eigenvalue weighted by Gasteiger charge is -2.08. The van der Waals surface area contributed by atoms with Crippen LogP contribution in [0.2, 0.25) is 0 Å². The van der Waals surface area contributed by atoms with Crippen molar-refractivity contribution in [3.63, 3.8) is 0 Å². The van der Waals surface area contributed by atoms with Gasteiger partial charge in [-0.05, 0) is 30.3 Å². The summed E-state index contributed by atoms with van der Waals surface area (Å²) in [5, 5.41) is 33.1. The van der Waals surface area contributed by atoms with E-state index in [1.165, 1.54) is 0 Å². The molecule has 0 bridgehead atoms. The number of hydrogen-bond donors (Lipinski definition) is 2. The van der Waals surface area contributed by atoms with Crippen LogP contribution in [0.15, 0.2) is 70.3 Å². The summed E-state index contributed by atoms with van der Waals surface area (Å²) in [7, 11) is 0. The summed E-state index contributed by atoms with van der Waals surface area (Å²) in [6.07, 6.45) is 0. The molecule has 0 radical (unpaired) electrons. The van der Waals surface area contributed by atoms with E-state index in [-0.39, 0.29) is 17.0 Å². The lowest BCUT2D eigenvalue weighted by molar-refractivity contribution is 0.0998. The number of allylic oxidation sites excluding steroid dienone is 2. The van der Waals surface area contributed by atoms with Crippen LogP contribution in [0.3, 0.4) is 0 Å². The first-order valence-electron chi connectivity index (χ1n) is 7.76. The minimum atomic E-state index is -0.422. The van der Waals surface area contributed by atoms with Gasteiger partial charge in [-0.3, -0.25) is 4.79 Å². The van der Waals surface area contributed by atoms with E-state index in [0.29, 0.717) is 17.0 Å². The zero-order chi connectivity index (χ0) is 19.2. The summed E-state index contributed by atoms with van der Waals surface area (Å²) in [4.78, 5) is 12.4. The summed E-state index contributed by atoms with van der Waals surface area (Å²) in [5.74, 6) is -0.252. The predicted molar refractivity (Wildman–Crippen MR) is 98.1 cm³/mol. The zero-order valence-corrected chi connectivity index (χ0v) is 13.9. The number of rotatable bonds is 4. The van der Waals surface area contributed by atoms with Crippen molar-refractivity contribution < 1.29 is 9.21 Å². The number of anilines is 2. The van der Waals surface area contributed by atoms with Gasteiger partial charge in [-0.1, -0.05) is 24.3 Å². The molecule has 128 valence electrons. The van der Waals surface area contributed by atoms with Gasteiger partial charge in [0, 0.05) is 16.8 Å². The Bertz CT molecular complexity index is 1140. The Morgan fingerprint density at radius 2 is 1.56 bits per heavy atom. The van der Waals surface area contributed by atoms with Gasteiger partial charge >= 0.3 is 0 Å². The van der Waals surface area contributed by atoms with Gasteiger partial charge in [-0.2, -0.15) is 15.8 Å². The SMILES string of the molecule is N#CC(C#N)=C(C#N)Nc1cccc(NC(=O)c2cc3ccccc3o2)c1. The summed E-state index contributed by atoms with van der Waals surface area (Å²) < 4.78 is 5.52. The molecule has 1 amide bonds. The number of nitrogens with zero attached hydrogens (tertiary/aromatic N) is 3. The number of nitrogens with one attached hydrogen (secondary N) is 2. The molecule has 0 saturated carbocycles. The minimum Gasteiger partial charge on any atom is -0.451 e. The molecule has 3 aromatic rings. The van der Waals surface area contributed by atoms with Gasteiger partial charge in [0.2, 0.25) is 0 Å². The molecule has 0 unspecified atom stereocenters. The highest BCUT2D eigenvalue weighted by Gasteiger charge is 2.13. The van der Waals surface area contributed by atoms with Crippen molar-refractivity contribution in [2.45, 2.75) is 0 Å². The second-order valence-electron chi connectivity index (χ2n) is 5.39. The molecule has 2 aromatic carbocycles. The van der Waals surface area contributed by atoms with E-state index in [1.807, 2.05) is 18.2 Å². The smallest absolute Gasteiger partial charge is 0.291 e. The maximum atomic E-state index is 12.4. The molecule has 27 heavy (non-hydrogen) atoms. The third-order valence-corrected chi connectivity index (χ3v) is 3.62. The van der Waals surface area contributed by atoms with Crippen LogP contribution in [-0.2, 0) is 0 Å². The molecule has 7 nitrogen and oxygen atoms in total.